The smallest absolute Gasteiger partial charge is 0.216 e. The molecule has 0 atom stereocenters. The van der Waals surface area contributed by atoms with Crippen LogP contribution in [-0.4, -0.2) is 9.67 Å². The number of benzene rings is 2. The summed E-state index contributed by atoms with van der Waals surface area (Å²) in [4.78, 5) is 12.0. The summed E-state index contributed by atoms with van der Waals surface area (Å²) < 4.78 is 3.30. The van der Waals surface area contributed by atoms with Crippen LogP contribution in [0.4, 0.5) is 0 Å². The van der Waals surface area contributed by atoms with Crippen molar-refractivity contribution in [2.45, 2.75) is 6.92 Å². The topological polar surface area (TPSA) is 41.7 Å². The van der Waals surface area contributed by atoms with Crippen LogP contribution < -0.4 is 10.4 Å². The first-order valence-corrected chi connectivity index (χ1v) is 6.10. The summed E-state index contributed by atoms with van der Waals surface area (Å²) in [6.07, 6.45) is 1.75. The van der Waals surface area contributed by atoms with E-state index in [4.69, 9.17) is 0 Å². The van der Waals surface area contributed by atoms with Gasteiger partial charge in [-0.3, -0.25) is 0 Å². The molecule has 1 aromatic heterocycles. The molecule has 2 aromatic carbocycles. The van der Waals surface area contributed by atoms with Crippen LogP contribution in [0.2, 0.25) is 0 Å². The quantitative estimate of drug-likeness (QED) is 0.694. The Bertz CT molecular complexity index is 739. The zero-order chi connectivity index (χ0) is 13.2. The van der Waals surface area contributed by atoms with Gasteiger partial charge in [-0.25, -0.2) is 4.79 Å². The minimum absolute atomic E-state index is 0.160. The van der Waals surface area contributed by atoms with Crippen molar-refractivity contribution >= 4 is 0 Å². The number of hydrogen-bond acceptors (Lipinski definition) is 1. The molecule has 0 radical (unpaired) electrons. The number of aromatic amines is 1. The van der Waals surface area contributed by atoms with E-state index in [2.05, 4.69) is 5.10 Å². The summed E-state index contributed by atoms with van der Waals surface area (Å²) in [5.74, 6) is 0. The van der Waals surface area contributed by atoms with Crippen molar-refractivity contribution in [3.05, 3.63) is 77.0 Å². The predicted octanol–water partition coefficient (Wildman–Crippen LogP) is 1.75. The minimum Gasteiger partial charge on any atom is -0.216 e. The predicted molar refractivity (Wildman–Crippen MR) is 72.7 cm³/mol. The summed E-state index contributed by atoms with van der Waals surface area (Å²) in [6, 6.07) is 17.5. The van der Waals surface area contributed by atoms with Gasteiger partial charge < -0.3 is 0 Å². The molecule has 0 amide bonds. The first-order valence-electron chi connectivity index (χ1n) is 6.10. The van der Waals surface area contributed by atoms with Gasteiger partial charge in [0.05, 0.1) is 0 Å². The largest absolute Gasteiger partial charge is 0.449 e. The fraction of sp³-hybridized carbons (Fsp3) is 0.0667. The monoisotopic (exact) mass is 252 g/mol. The minimum atomic E-state index is -0.160. The zero-order valence-electron chi connectivity index (χ0n) is 10.6. The van der Waals surface area contributed by atoms with E-state index in [1.165, 1.54) is 5.56 Å². The molecule has 1 heterocycles. The first kappa shape index (κ1) is 11.5. The highest BCUT2D eigenvalue weighted by Crippen LogP contribution is 2.04. The van der Waals surface area contributed by atoms with Gasteiger partial charge in [-0.05, 0) is 31.2 Å². The summed E-state index contributed by atoms with van der Waals surface area (Å²) >= 11 is 0. The lowest BCUT2D eigenvalue weighted by Gasteiger charge is -1.95. The average Bonchev–Trinajstić information content (AvgIpc) is 2.83. The molecule has 0 aliphatic heterocycles. The second-order valence-corrected chi connectivity index (χ2v) is 4.44. The van der Waals surface area contributed by atoms with Crippen molar-refractivity contribution in [1.82, 2.24) is 9.67 Å². The van der Waals surface area contributed by atoms with E-state index in [9.17, 15) is 4.79 Å². The highest BCUT2D eigenvalue weighted by molar-refractivity contribution is 5.30. The molecule has 3 rings (SSSR count). The van der Waals surface area contributed by atoms with E-state index in [0.29, 0.717) is 0 Å². The summed E-state index contributed by atoms with van der Waals surface area (Å²) in [6.45, 7) is 2.03. The van der Waals surface area contributed by atoms with Crippen LogP contribution in [0, 0.1) is 6.92 Å². The zero-order valence-corrected chi connectivity index (χ0v) is 10.6. The highest BCUT2D eigenvalue weighted by Gasteiger charge is 2.13. The summed E-state index contributed by atoms with van der Waals surface area (Å²) in [7, 11) is 0. The van der Waals surface area contributed by atoms with Gasteiger partial charge in [0.25, 0.3) is 6.33 Å². The highest BCUT2D eigenvalue weighted by atomic mass is 16.1. The Kier molecular flexibility index (Phi) is 2.76. The van der Waals surface area contributed by atoms with Crippen molar-refractivity contribution in [2.24, 2.45) is 0 Å². The molecule has 0 aliphatic carbocycles. The molecule has 0 bridgehead atoms. The van der Waals surface area contributed by atoms with E-state index in [0.717, 1.165) is 11.4 Å². The molecule has 0 aliphatic rings. The van der Waals surface area contributed by atoms with Crippen LogP contribution in [0.5, 0.6) is 0 Å². The number of nitrogens with one attached hydrogen (secondary N) is 1. The van der Waals surface area contributed by atoms with Gasteiger partial charge in [0.2, 0.25) is 0 Å². The normalized spacial score (nSPS) is 10.6. The lowest BCUT2D eigenvalue weighted by atomic mass is 10.2. The van der Waals surface area contributed by atoms with Crippen LogP contribution in [0.25, 0.3) is 11.4 Å². The number of para-hydroxylation sites is 1. The van der Waals surface area contributed by atoms with Crippen LogP contribution in [0.3, 0.4) is 0 Å². The third kappa shape index (κ3) is 2.20. The molecular weight excluding hydrogens is 238 g/mol. The fourth-order valence-electron chi connectivity index (χ4n) is 1.96. The maximum atomic E-state index is 12.0. The molecule has 1 N–H and O–H groups in total. The Balaban J connectivity index is 2.07. The summed E-state index contributed by atoms with van der Waals surface area (Å²) in [5, 5.41) is 2.80. The number of aromatic nitrogens is 3. The third-order valence-corrected chi connectivity index (χ3v) is 3.01. The van der Waals surface area contributed by atoms with Crippen LogP contribution in [-0.2, 0) is 0 Å². The second kappa shape index (κ2) is 4.57. The fourth-order valence-corrected chi connectivity index (χ4v) is 1.96. The maximum Gasteiger partial charge on any atom is 0.449 e. The Hall–Kier alpha value is -2.62. The van der Waals surface area contributed by atoms with Crippen molar-refractivity contribution in [2.75, 3.05) is 0 Å². The Morgan fingerprint density at radius 2 is 1.68 bits per heavy atom. The standard InChI is InChI=1S/C15H13N3O/c1-12-7-9-14(10-8-12)18-11-17(15(19)16-18)13-5-3-2-4-6-13/h2-11H,1H3/p+1. The van der Waals surface area contributed by atoms with Gasteiger partial charge >= 0.3 is 5.69 Å². The Morgan fingerprint density at radius 1 is 1.00 bits per heavy atom. The molecule has 0 unspecified atom stereocenters. The maximum absolute atomic E-state index is 12.0. The second-order valence-electron chi connectivity index (χ2n) is 4.44. The molecule has 4 nitrogen and oxygen atoms in total. The van der Waals surface area contributed by atoms with Crippen LogP contribution >= 0.6 is 0 Å². The molecule has 94 valence electrons. The summed E-state index contributed by atoms with van der Waals surface area (Å²) in [5.41, 5.74) is 2.80. The molecule has 3 aromatic rings. The number of rotatable bonds is 2. The van der Waals surface area contributed by atoms with Crippen molar-refractivity contribution in [1.29, 1.82) is 0 Å². The average molecular weight is 252 g/mol. The molecule has 0 saturated heterocycles. The molecule has 4 heteroatoms. The van der Waals surface area contributed by atoms with E-state index < -0.39 is 0 Å². The molecule has 0 saturated carbocycles. The molecule has 0 fully saturated rings. The van der Waals surface area contributed by atoms with E-state index in [1.807, 2.05) is 61.5 Å². The molecular formula is C15H14N3O+. The van der Waals surface area contributed by atoms with Gasteiger partial charge in [-0.2, -0.15) is 0 Å². The molecule has 0 spiro atoms. The SMILES string of the molecule is Cc1ccc(-[n+]2cn(-c3ccccc3)c(=O)[nH]2)cc1. The van der Waals surface area contributed by atoms with Gasteiger partial charge in [-0.15, -0.1) is 14.3 Å². The van der Waals surface area contributed by atoms with Gasteiger partial charge in [0.1, 0.15) is 5.69 Å². The van der Waals surface area contributed by atoms with Gasteiger partial charge in [-0.1, -0.05) is 35.9 Å². The third-order valence-electron chi connectivity index (χ3n) is 3.01. The van der Waals surface area contributed by atoms with Crippen molar-refractivity contribution < 1.29 is 4.68 Å². The number of H-pyrrole nitrogens is 1. The lowest BCUT2D eigenvalue weighted by Crippen LogP contribution is -2.33. The van der Waals surface area contributed by atoms with E-state index in [-0.39, 0.29) is 5.69 Å². The number of aryl methyl sites for hydroxylation is 1. The van der Waals surface area contributed by atoms with E-state index >= 15 is 0 Å². The Labute approximate surface area is 110 Å². The Morgan fingerprint density at radius 3 is 2.37 bits per heavy atom. The lowest BCUT2D eigenvalue weighted by molar-refractivity contribution is -0.658. The van der Waals surface area contributed by atoms with Crippen molar-refractivity contribution in [3.8, 4) is 11.4 Å². The first-order chi connectivity index (χ1) is 9.24. The van der Waals surface area contributed by atoms with Crippen molar-refractivity contribution in [3.63, 3.8) is 0 Å². The van der Waals surface area contributed by atoms with E-state index in [1.54, 1.807) is 15.6 Å². The van der Waals surface area contributed by atoms with Gasteiger partial charge in [0, 0.05) is 0 Å². The number of hydrogen-bond donors (Lipinski definition) is 1. The van der Waals surface area contributed by atoms with Crippen LogP contribution in [0.15, 0.2) is 65.7 Å². The van der Waals surface area contributed by atoms with Crippen LogP contribution in [0.1, 0.15) is 5.56 Å². The number of nitrogens with zero attached hydrogens (tertiary/aromatic N) is 2. The molecule has 19 heavy (non-hydrogen) atoms. The van der Waals surface area contributed by atoms with Gasteiger partial charge in [0.15, 0.2) is 5.69 Å².